The van der Waals surface area contributed by atoms with Gasteiger partial charge in [-0.1, -0.05) is 18.2 Å². The second kappa shape index (κ2) is 3.83. The maximum absolute atomic E-state index is 13.4. The van der Waals surface area contributed by atoms with Crippen LogP contribution in [0.5, 0.6) is 0 Å². The lowest BCUT2D eigenvalue weighted by Gasteiger charge is -2.07. The first-order valence-electron chi connectivity index (χ1n) is 3.77. The van der Waals surface area contributed by atoms with Crippen LogP contribution >= 0.6 is 0 Å². The van der Waals surface area contributed by atoms with E-state index >= 15 is 0 Å². The highest BCUT2D eigenvalue weighted by molar-refractivity contribution is 5.37. The number of hydrogen-bond acceptors (Lipinski definition) is 2. The molecule has 0 bridgehead atoms. The summed E-state index contributed by atoms with van der Waals surface area (Å²) in [5, 5.41) is 8.54. The molecule has 0 aromatic heterocycles. The monoisotopic (exact) mass is 176 g/mol. The molecule has 0 unspecified atom stereocenters. The van der Waals surface area contributed by atoms with Gasteiger partial charge in [0.15, 0.2) is 0 Å². The molecule has 3 heteroatoms. The molecule has 1 aromatic rings. The van der Waals surface area contributed by atoms with Gasteiger partial charge >= 0.3 is 0 Å². The first-order chi connectivity index (χ1) is 6.20. The van der Waals surface area contributed by atoms with E-state index in [0.29, 0.717) is 5.56 Å². The van der Waals surface area contributed by atoms with Crippen LogP contribution in [-0.2, 0) is 0 Å². The largest absolute Gasteiger partial charge is 0.321 e. The average molecular weight is 176 g/mol. The number of hydrogen-bond donors (Lipinski definition) is 1. The fourth-order valence-electron chi connectivity index (χ4n) is 1.02. The molecule has 0 saturated heterocycles. The zero-order chi connectivity index (χ0) is 9.84. The number of rotatable bonds is 2. The van der Waals surface area contributed by atoms with Crippen LogP contribution in [0, 0.1) is 17.1 Å². The molecule has 0 aliphatic rings. The summed E-state index contributed by atoms with van der Waals surface area (Å²) in [7, 11) is 0. The van der Waals surface area contributed by atoms with Crippen molar-refractivity contribution in [1.82, 2.24) is 0 Å². The summed E-state index contributed by atoms with van der Waals surface area (Å²) >= 11 is 0. The summed E-state index contributed by atoms with van der Waals surface area (Å²) < 4.78 is 13.4. The topological polar surface area (TPSA) is 49.8 Å². The van der Waals surface area contributed by atoms with E-state index in [0.717, 1.165) is 0 Å². The third kappa shape index (κ3) is 1.74. The summed E-state index contributed by atoms with van der Waals surface area (Å²) in [5.41, 5.74) is 5.86. The molecule has 0 aliphatic carbocycles. The molecule has 0 heterocycles. The van der Waals surface area contributed by atoms with Crippen molar-refractivity contribution in [2.24, 2.45) is 5.73 Å². The maximum Gasteiger partial charge on any atom is 0.146 e. The minimum absolute atomic E-state index is 0.00907. The molecule has 0 saturated carbocycles. The highest BCUT2D eigenvalue weighted by Crippen LogP contribution is 2.18. The molecule has 0 amide bonds. The van der Waals surface area contributed by atoms with E-state index < -0.39 is 11.9 Å². The molecule has 0 fully saturated rings. The van der Waals surface area contributed by atoms with Crippen molar-refractivity contribution in [3.63, 3.8) is 0 Å². The third-order valence-electron chi connectivity index (χ3n) is 1.76. The lowest BCUT2D eigenvalue weighted by Crippen LogP contribution is -2.09. The molecule has 1 aromatic carbocycles. The van der Waals surface area contributed by atoms with E-state index in [2.05, 4.69) is 6.58 Å². The summed E-state index contributed by atoms with van der Waals surface area (Å²) in [6.45, 7) is 3.46. The van der Waals surface area contributed by atoms with Gasteiger partial charge in [-0.25, -0.2) is 4.39 Å². The Balaban J connectivity index is 3.25. The lowest BCUT2D eigenvalue weighted by molar-refractivity contribution is 0.598. The van der Waals surface area contributed by atoms with Crippen LogP contribution in [0.1, 0.15) is 17.2 Å². The number of nitriles is 1. The van der Waals surface area contributed by atoms with E-state index in [-0.39, 0.29) is 5.56 Å². The fourth-order valence-corrected chi connectivity index (χ4v) is 1.02. The van der Waals surface area contributed by atoms with Gasteiger partial charge in [-0.05, 0) is 6.07 Å². The Morgan fingerprint density at radius 2 is 2.31 bits per heavy atom. The average Bonchev–Trinajstić information content (AvgIpc) is 2.17. The van der Waals surface area contributed by atoms with Crippen LogP contribution in [0.2, 0.25) is 0 Å². The molecule has 0 spiro atoms. The van der Waals surface area contributed by atoms with Crippen molar-refractivity contribution in [1.29, 1.82) is 5.26 Å². The summed E-state index contributed by atoms with van der Waals surface area (Å²) in [5.74, 6) is -0.558. The molecule has 2 N–H and O–H groups in total. The van der Waals surface area contributed by atoms with Crippen molar-refractivity contribution < 1.29 is 4.39 Å². The van der Waals surface area contributed by atoms with Gasteiger partial charge in [0.1, 0.15) is 11.9 Å². The van der Waals surface area contributed by atoms with Crippen LogP contribution in [0.4, 0.5) is 4.39 Å². The summed E-state index contributed by atoms with van der Waals surface area (Å²) in [6.07, 6.45) is 1.43. The zero-order valence-electron chi connectivity index (χ0n) is 7.00. The zero-order valence-corrected chi connectivity index (χ0v) is 7.00. The van der Waals surface area contributed by atoms with Crippen LogP contribution in [0.25, 0.3) is 0 Å². The quantitative estimate of drug-likeness (QED) is 0.699. The Bertz CT molecular complexity index is 366. The predicted octanol–water partition coefficient (Wildman–Crippen LogP) is 1.88. The highest BCUT2D eigenvalue weighted by Gasteiger charge is 2.11. The van der Waals surface area contributed by atoms with Crippen LogP contribution in [0.15, 0.2) is 30.9 Å². The van der Waals surface area contributed by atoms with Crippen molar-refractivity contribution >= 4 is 0 Å². The molecular formula is C10H9FN2. The molecule has 0 aliphatic heterocycles. The van der Waals surface area contributed by atoms with E-state index in [1.165, 1.54) is 12.1 Å². The fraction of sp³-hybridized carbons (Fsp3) is 0.100. The van der Waals surface area contributed by atoms with Gasteiger partial charge in [0.05, 0.1) is 11.6 Å². The Morgan fingerprint density at radius 1 is 1.62 bits per heavy atom. The van der Waals surface area contributed by atoms with E-state index in [4.69, 9.17) is 11.0 Å². The Labute approximate surface area is 76.1 Å². The lowest BCUT2D eigenvalue weighted by atomic mass is 10.0. The minimum Gasteiger partial charge on any atom is -0.321 e. The highest BCUT2D eigenvalue weighted by atomic mass is 19.1. The van der Waals surface area contributed by atoms with Crippen LogP contribution in [0.3, 0.4) is 0 Å². The predicted molar refractivity (Wildman–Crippen MR) is 48.2 cm³/mol. The first-order valence-corrected chi connectivity index (χ1v) is 3.77. The van der Waals surface area contributed by atoms with Gasteiger partial charge in [0.2, 0.25) is 0 Å². The van der Waals surface area contributed by atoms with Crippen LogP contribution < -0.4 is 5.73 Å². The number of halogens is 1. The van der Waals surface area contributed by atoms with Gasteiger partial charge in [-0.2, -0.15) is 5.26 Å². The standard InChI is InChI=1S/C10H9FN2/c1-2-9(13)8-5-3-4-7(6-12)10(8)11/h2-5,9H,1,13H2/t9-/m1/s1. The number of benzene rings is 1. The van der Waals surface area contributed by atoms with Crippen molar-refractivity contribution in [2.45, 2.75) is 6.04 Å². The third-order valence-corrected chi connectivity index (χ3v) is 1.76. The Morgan fingerprint density at radius 3 is 2.85 bits per heavy atom. The van der Waals surface area contributed by atoms with E-state index in [1.807, 2.05) is 0 Å². The van der Waals surface area contributed by atoms with Gasteiger partial charge in [0, 0.05) is 5.56 Å². The van der Waals surface area contributed by atoms with Crippen molar-refractivity contribution in [3.8, 4) is 6.07 Å². The number of nitrogens with zero attached hydrogens (tertiary/aromatic N) is 1. The van der Waals surface area contributed by atoms with Gasteiger partial charge < -0.3 is 5.73 Å². The van der Waals surface area contributed by atoms with Gasteiger partial charge in [0.25, 0.3) is 0 Å². The Hall–Kier alpha value is -1.66. The molecular weight excluding hydrogens is 167 g/mol. The molecule has 0 radical (unpaired) electrons. The van der Waals surface area contributed by atoms with Crippen molar-refractivity contribution in [3.05, 3.63) is 47.8 Å². The molecule has 1 rings (SSSR count). The van der Waals surface area contributed by atoms with E-state index in [1.54, 1.807) is 18.2 Å². The SMILES string of the molecule is C=C[C@@H](N)c1cccc(C#N)c1F. The molecule has 13 heavy (non-hydrogen) atoms. The van der Waals surface area contributed by atoms with Crippen LogP contribution in [-0.4, -0.2) is 0 Å². The smallest absolute Gasteiger partial charge is 0.146 e. The number of nitrogens with two attached hydrogens (primary N) is 1. The summed E-state index contributed by atoms with van der Waals surface area (Å²) in [4.78, 5) is 0. The van der Waals surface area contributed by atoms with E-state index in [9.17, 15) is 4.39 Å². The molecule has 1 atom stereocenters. The molecule has 66 valence electrons. The minimum atomic E-state index is -0.562. The van der Waals surface area contributed by atoms with Gasteiger partial charge in [-0.3, -0.25) is 0 Å². The maximum atomic E-state index is 13.4. The second-order valence-electron chi connectivity index (χ2n) is 2.58. The first kappa shape index (κ1) is 9.43. The van der Waals surface area contributed by atoms with Gasteiger partial charge in [-0.15, -0.1) is 6.58 Å². The van der Waals surface area contributed by atoms with Crippen molar-refractivity contribution in [2.75, 3.05) is 0 Å². The Kier molecular flexibility index (Phi) is 2.78. The summed E-state index contributed by atoms with van der Waals surface area (Å²) in [6, 6.07) is 5.74. The second-order valence-corrected chi connectivity index (χ2v) is 2.58. The normalized spacial score (nSPS) is 11.8. The molecule has 2 nitrogen and oxygen atoms in total.